The van der Waals surface area contributed by atoms with Crippen molar-refractivity contribution in [1.82, 2.24) is 10.2 Å². The molecule has 1 saturated heterocycles. The molecule has 3 atom stereocenters. The quantitative estimate of drug-likeness (QED) is 0.219. The average Bonchev–Trinajstić information content (AvgIpc) is 3.02. The van der Waals surface area contributed by atoms with Gasteiger partial charge in [-0.05, 0) is 54.4 Å². The van der Waals surface area contributed by atoms with Crippen LogP contribution in [-0.2, 0) is 22.6 Å². The van der Waals surface area contributed by atoms with Gasteiger partial charge in [0.1, 0.15) is 5.75 Å². The van der Waals surface area contributed by atoms with Crippen molar-refractivity contribution in [2.24, 2.45) is 0 Å². The average molecular weight is 584 g/mol. The van der Waals surface area contributed by atoms with E-state index in [-0.39, 0.29) is 18.4 Å². The second-order valence-corrected chi connectivity index (χ2v) is 12.0. The molecule has 2 aliphatic rings. The SMILES string of the molecule is O=C(CC(c1ccccc1)N(c1ccc2ccccc2c1)S(=O)O)NC1CCOc2c(CN3CCCCC3)cccc21. The van der Waals surface area contributed by atoms with Crippen LogP contribution in [0.15, 0.2) is 91.0 Å². The molecule has 6 rings (SSSR count). The van der Waals surface area contributed by atoms with Crippen LogP contribution in [-0.4, -0.2) is 39.3 Å². The third-order valence-electron chi connectivity index (χ3n) is 8.34. The van der Waals surface area contributed by atoms with E-state index in [0.717, 1.165) is 52.8 Å². The summed E-state index contributed by atoms with van der Waals surface area (Å²) in [7, 11) is 0. The Hall–Kier alpha value is -3.72. The topological polar surface area (TPSA) is 82.1 Å². The van der Waals surface area contributed by atoms with Crippen molar-refractivity contribution >= 4 is 33.6 Å². The van der Waals surface area contributed by atoms with E-state index in [0.29, 0.717) is 18.7 Å². The number of rotatable bonds is 9. The van der Waals surface area contributed by atoms with Crippen LogP contribution in [0.25, 0.3) is 10.8 Å². The van der Waals surface area contributed by atoms with Gasteiger partial charge in [0.25, 0.3) is 11.3 Å². The molecule has 0 aromatic heterocycles. The number of anilines is 1. The summed E-state index contributed by atoms with van der Waals surface area (Å²) >= 11 is -2.37. The molecule has 0 spiro atoms. The molecule has 0 bridgehead atoms. The van der Waals surface area contributed by atoms with Gasteiger partial charge in [-0.3, -0.25) is 18.6 Å². The number of hydrogen-bond acceptors (Lipinski definition) is 4. The number of fused-ring (bicyclic) bond motifs is 2. The van der Waals surface area contributed by atoms with Gasteiger partial charge in [0.15, 0.2) is 0 Å². The molecule has 1 amide bonds. The minimum absolute atomic E-state index is 0.0172. The van der Waals surface area contributed by atoms with Gasteiger partial charge in [-0.25, -0.2) is 4.21 Å². The number of nitrogens with one attached hydrogen (secondary N) is 1. The lowest BCUT2D eigenvalue weighted by atomic mass is 9.96. The van der Waals surface area contributed by atoms with Gasteiger partial charge in [0, 0.05) is 24.1 Å². The van der Waals surface area contributed by atoms with E-state index in [2.05, 4.69) is 22.3 Å². The summed E-state index contributed by atoms with van der Waals surface area (Å²) in [4.78, 5) is 16.2. The summed E-state index contributed by atoms with van der Waals surface area (Å²) in [5.41, 5.74) is 3.53. The third kappa shape index (κ3) is 6.36. The maximum atomic E-state index is 13.7. The largest absolute Gasteiger partial charge is 0.493 e. The highest BCUT2D eigenvalue weighted by atomic mass is 32.2. The van der Waals surface area contributed by atoms with Crippen molar-refractivity contribution in [3.8, 4) is 5.75 Å². The molecule has 2 N–H and O–H groups in total. The molecule has 4 aromatic carbocycles. The predicted molar refractivity (Wildman–Crippen MR) is 168 cm³/mol. The fourth-order valence-electron chi connectivity index (χ4n) is 6.26. The van der Waals surface area contributed by atoms with Crippen LogP contribution in [0.2, 0.25) is 0 Å². The highest BCUT2D eigenvalue weighted by molar-refractivity contribution is 7.80. The summed E-state index contributed by atoms with van der Waals surface area (Å²) in [6.07, 6.45) is 4.43. The molecule has 218 valence electrons. The van der Waals surface area contributed by atoms with E-state index in [1.807, 2.05) is 78.9 Å². The number of piperidine rings is 1. The first-order valence-corrected chi connectivity index (χ1v) is 15.8. The molecule has 0 radical (unpaired) electrons. The van der Waals surface area contributed by atoms with Crippen LogP contribution in [0.1, 0.15) is 60.9 Å². The molecule has 0 saturated carbocycles. The van der Waals surface area contributed by atoms with Crippen molar-refractivity contribution < 1.29 is 18.3 Å². The van der Waals surface area contributed by atoms with Crippen LogP contribution in [0, 0.1) is 0 Å². The standard InChI is InChI=1S/C34H37N3O4S/c38-33(35-31-18-21-41-34-28(14-9-15-30(31)34)24-36-19-7-2-8-20-36)23-32(26-11-3-1-4-12-26)37(42(39)40)29-17-16-25-10-5-6-13-27(25)22-29/h1,3-6,9-17,22,31-32H,2,7-8,18-21,23-24H2,(H,35,38)(H,39,40). The zero-order chi connectivity index (χ0) is 28.9. The molecule has 8 heteroatoms. The second kappa shape index (κ2) is 13.1. The number of amides is 1. The van der Waals surface area contributed by atoms with Crippen LogP contribution < -0.4 is 14.4 Å². The lowest BCUT2D eigenvalue weighted by molar-refractivity contribution is -0.122. The summed E-state index contributed by atoms with van der Waals surface area (Å²) < 4.78 is 31.0. The van der Waals surface area contributed by atoms with Crippen LogP contribution in [0.5, 0.6) is 5.75 Å². The summed E-state index contributed by atoms with van der Waals surface area (Å²) in [6.45, 7) is 3.58. The van der Waals surface area contributed by atoms with E-state index < -0.39 is 17.3 Å². The first kappa shape index (κ1) is 28.4. The van der Waals surface area contributed by atoms with E-state index >= 15 is 0 Å². The maximum Gasteiger partial charge on any atom is 0.262 e. The minimum atomic E-state index is -2.37. The lowest BCUT2D eigenvalue weighted by Gasteiger charge is -2.33. The fraction of sp³-hybridized carbons (Fsp3) is 0.324. The van der Waals surface area contributed by atoms with Gasteiger partial charge in [-0.15, -0.1) is 0 Å². The Labute approximate surface area is 249 Å². The summed E-state index contributed by atoms with van der Waals surface area (Å²) in [5.74, 6) is 0.702. The van der Waals surface area contributed by atoms with Crippen molar-refractivity contribution in [2.75, 3.05) is 24.0 Å². The third-order valence-corrected chi connectivity index (χ3v) is 9.14. The van der Waals surface area contributed by atoms with E-state index in [1.54, 1.807) is 0 Å². The van der Waals surface area contributed by atoms with Crippen LogP contribution >= 0.6 is 0 Å². The molecule has 3 unspecified atom stereocenters. The Morgan fingerprint density at radius 3 is 2.50 bits per heavy atom. The van der Waals surface area contributed by atoms with Gasteiger partial charge in [-0.1, -0.05) is 85.3 Å². The van der Waals surface area contributed by atoms with Gasteiger partial charge in [0.2, 0.25) is 5.91 Å². The molecule has 42 heavy (non-hydrogen) atoms. The van der Waals surface area contributed by atoms with Gasteiger partial charge in [-0.2, -0.15) is 0 Å². The number of para-hydroxylation sites is 1. The molecule has 2 heterocycles. The molecular formula is C34H37N3O4S. The Balaban J connectivity index is 1.25. The van der Waals surface area contributed by atoms with Gasteiger partial charge >= 0.3 is 0 Å². The molecular weight excluding hydrogens is 546 g/mol. The minimum Gasteiger partial charge on any atom is -0.493 e. The van der Waals surface area contributed by atoms with Crippen LogP contribution in [0.4, 0.5) is 5.69 Å². The summed E-state index contributed by atoms with van der Waals surface area (Å²) in [6, 6.07) is 28.4. The molecule has 7 nitrogen and oxygen atoms in total. The normalized spacial score (nSPS) is 18.5. The zero-order valence-electron chi connectivity index (χ0n) is 23.7. The molecule has 1 fully saturated rings. The number of benzene rings is 4. The highest BCUT2D eigenvalue weighted by Crippen LogP contribution is 2.37. The highest BCUT2D eigenvalue weighted by Gasteiger charge is 2.31. The Bertz CT molecular complexity index is 1560. The number of hydrogen-bond donors (Lipinski definition) is 2. The van der Waals surface area contributed by atoms with Gasteiger partial charge in [0.05, 0.1) is 30.8 Å². The monoisotopic (exact) mass is 583 g/mol. The Morgan fingerprint density at radius 1 is 0.952 bits per heavy atom. The first-order valence-electron chi connectivity index (χ1n) is 14.8. The smallest absolute Gasteiger partial charge is 0.262 e. The second-order valence-electron chi connectivity index (χ2n) is 11.1. The number of carbonyl (C=O) groups excluding carboxylic acids is 1. The van der Waals surface area contributed by atoms with Crippen molar-refractivity contribution in [2.45, 2.75) is 50.7 Å². The maximum absolute atomic E-state index is 13.7. The Morgan fingerprint density at radius 2 is 1.71 bits per heavy atom. The Kier molecular flexibility index (Phi) is 8.84. The number of likely N-dealkylation sites (tertiary alicyclic amines) is 1. The number of ether oxygens (including phenoxy) is 1. The van der Waals surface area contributed by atoms with Crippen molar-refractivity contribution in [1.29, 1.82) is 0 Å². The summed E-state index contributed by atoms with van der Waals surface area (Å²) in [5, 5.41) is 5.24. The van der Waals surface area contributed by atoms with Crippen molar-refractivity contribution in [3.63, 3.8) is 0 Å². The lowest BCUT2D eigenvalue weighted by Crippen LogP contribution is -2.37. The van der Waals surface area contributed by atoms with E-state index in [1.165, 1.54) is 23.6 Å². The van der Waals surface area contributed by atoms with Crippen molar-refractivity contribution in [3.05, 3.63) is 108 Å². The number of carbonyl (C=O) groups is 1. The van der Waals surface area contributed by atoms with Crippen LogP contribution in [0.3, 0.4) is 0 Å². The molecule has 0 aliphatic carbocycles. The van der Waals surface area contributed by atoms with E-state index in [9.17, 15) is 13.6 Å². The zero-order valence-corrected chi connectivity index (χ0v) is 24.5. The molecule has 4 aromatic rings. The predicted octanol–water partition coefficient (Wildman–Crippen LogP) is 6.54. The molecule has 2 aliphatic heterocycles. The first-order chi connectivity index (χ1) is 20.6. The van der Waals surface area contributed by atoms with E-state index in [4.69, 9.17) is 4.74 Å². The fourth-order valence-corrected chi connectivity index (χ4v) is 6.96. The number of nitrogens with zero attached hydrogens (tertiary/aromatic N) is 2. The van der Waals surface area contributed by atoms with Gasteiger partial charge < -0.3 is 10.1 Å².